The van der Waals surface area contributed by atoms with Crippen LogP contribution < -0.4 is 5.32 Å². The van der Waals surface area contributed by atoms with E-state index in [1.165, 1.54) is 0 Å². The van der Waals surface area contributed by atoms with Gasteiger partial charge in [0.2, 0.25) is 18.2 Å². The van der Waals surface area contributed by atoms with Gasteiger partial charge in [0.15, 0.2) is 0 Å². The van der Waals surface area contributed by atoms with Crippen LogP contribution in [0.2, 0.25) is 0 Å². The molecule has 1 amide bonds. The number of nitrogens with zero attached hydrogens (tertiary/aromatic N) is 3. The average Bonchev–Trinajstić information content (AvgIpc) is 2.98. The summed E-state index contributed by atoms with van der Waals surface area (Å²) in [5.41, 5.74) is 0.548. The topological polar surface area (TPSA) is 199 Å². The van der Waals surface area contributed by atoms with E-state index in [2.05, 4.69) is 79.7 Å². The maximum absolute atomic E-state index is 11.8. The molecule has 51 heavy (non-hydrogen) atoms. The van der Waals surface area contributed by atoms with E-state index in [9.17, 15) is 28.8 Å². The van der Waals surface area contributed by atoms with Crippen LogP contribution in [0, 0.1) is 21.7 Å². The summed E-state index contributed by atoms with van der Waals surface area (Å²) < 4.78 is 14.3. The lowest BCUT2D eigenvalue weighted by molar-refractivity contribution is -0.140. The van der Waals surface area contributed by atoms with Crippen LogP contribution in [0.15, 0.2) is 39.3 Å². The second-order valence-electron chi connectivity index (χ2n) is 15.3. The quantitative estimate of drug-likeness (QED) is 0.0484. The first kappa shape index (κ1) is 49.3. The summed E-state index contributed by atoms with van der Waals surface area (Å²) >= 11 is 0. The van der Waals surface area contributed by atoms with Crippen LogP contribution in [0.1, 0.15) is 93.9 Å². The normalized spacial score (nSPS) is 23.7. The van der Waals surface area contributed by atoms with E-state index in [0.717, 1.165) is 32.1 Å². The van der Waals surface area contributed by atoms with Crippen LogP contribution in [-0.4, -0.2) is 93.0 Å². The van der Waals surface area contributed by atoms with Gasteiger partial charge in [-0.1, -0.05) is 54.7 Å². The number of ether oxygens (including phenoxy) is 3. The summed E-state index contributed by atoms with van der Waals surface area (Å²) in [6.45, 7) is 23.4. The molecule has 0 aromatic heterocycles. The Morgan fingerprint density at radius 1 is 0.725 bits per heavy atom. The number of amides is 1. The molecule has 15 heteroatoms. The average molecular weight is 739 g/mol. The number of rotatable bonds is 13. The van der Waals surface area contributed by atoms with Gasteiger partial charge in [-0.15, -0.1) is 0 Å². The largest absolute Gasteiger partial charge is 0.460 e. The third kappa shape index (κ3) is 21.9. The van der Waals surface area contributed by atoms with Crippen LogP contribution in [0.25, 0.3) is 0 Å². The zero-order valence-electron chi connectivity index (χ0n) is 31.7. The Morgan fingerprint density at radius 3 is 1.59 bits per heavy atom. The SMILES string of the molecule is C=C(C)C(=O)OCCO.C=C(C)C(=O)OCCOC(=O)NCC1(C)CC(N=C=O)CC(C)(C)C1.CC1(C)CC(N=C=O)CC(C)(CN=C=O)C1.P. The maximum atomic E-state index is 11.8. The van der Waals surface area contributed by atoms with Crippen molar-refractivity contribution in [3.63, 3.8) is 0 Å². The van der Waals surface area contributed by atoms with Gasteiger partial charge in [0.05, 0.1) is 25.2 Å². The third-order valence-electron chi connectivity index (χ3n) is 8.07. The van der Waals surface area contributed by atoms with Gasteiger partial charge in [0.25, 0.3) is 0 Å². The maximum Gasteiger partial charge on any atom is 0.407 e. The Balaban J connectivity index is 0. The predicted octanol–water partition coefficient (Wildman–Crippen LogP) is 5.15. The van der Waals surface area contributed by atoms with Crippen molar-refractivity contribution >= 4 is 46.2 Å². The second-order valence-corrected chi connectivity index (χ2v) is 15.3. The number of carbonyl (C=O) groups excluding carboxylic acids is 6. The second kappa shape index (κ2) is 23.6. The molecule has 0 heterocycles. The number of isocyanates is 3. The van der Waals surface area contributed by atoms with Crippen LogP contribution in [0.5, 0.6) is 0 Å². The minimum Gasteiger partial charge on any atom is -0.460 e. The molecule has 2 N–H and O–H groups in total. The van der Waals surface area contributed by atoms with Gasteiger partial charge in [-0.3, -0.25) is 0 Å². The summed E-state index contributed by atoms with van der Waals surface area (Å²) in [5.74, 6) is -0.966. The van der Waals surface area contributed by atoms with Crippen molar-refractivity contribution in [2.45, 2.75) is 106 Å². The molecule has 0 radical (unpaired) electrons. The smallest absolute Gasteiger partial charge is 0.407 e. The number of nitrogens with one attached hydrogen (secondary N) is 1. The Morgan fingerprint density at radius 2 is 1.16 bits per heavy atom. The predicted molar refractivity (Wildman–Crippen MR) is 197 cm³/mol. The minimum atomic E-state index is -0.564. The van der Waals surface area contributed by atoms with Gasteiger partial charge in [0, 0.05) is 17.7 Å². The van der Waals surface area contributed by atoms with Crippen molar-refractivity contribution < 1.29 is 48.1 Å². The molecule has 2 aliphatic carbocycles. The monoisotopic (exact) mass is 738 g/mol. The lowest BCUT2D eigenvalue weighted by atomic mass is 9.63. The summed E-state index contributed by atoms with van der Waals surface area (Å²) in [7, 11) is 0. The van der Waals surface area contributed by atoms with Crippen molar-refractivity contribution in [2.75, 3.05) is 39.5 Å². The van der Waals surface area contributed by atoms with Crippen LogP contribution in [0.3, 0.4) is 0 Å². The van der Waals surface area contributed by atoms with E-state index in [-0.39, 0.29) is 70.1 Å². The van der Waals surface area contributed by atoms with Crippen LogP contribution >= 0.6 is 9.90 Å². The molecular weight excluding hydrogens is 679 g/mol. The fourth-order valence-corrected chi connectivity index (χ4v) is 6.96. The number of hydrogen-bond donors (Lipinski definition) is 2. The molecule has 2 aliphatic rings. The number of aliphatic hydroxyl groups excluding tert-OH is 1. The minimum absolute atomic E-state index is 0. The van der Waals surface area contributed by atoms with Gasteiger partial charge < -0.3 is 24.6 Å². The Kier molecular flexibility index (Phi) is 22.9. The van der Waals surface area contributed by atoms with Crippen LogP contribution in [-0.2, 0) is 38.2 Å². The molecule has 288 valence electrons. The molecule has 2 rings (SSSR count). The van der Waals surface area contributed by atoms with Crippen molar-refractivity contribution in [3.05, 3.63) is 24.3 Å². The number of carbonyl (C=O) groups is 3. The number of aliphatic hydroxyl groups is 1. The molecule has 0 bridgehead atoms. The fraction of sp³-hybridized carbons (Fsp3) is 0.722. The number of aliphatic imine (C=N–C) groups is 3. The van der Waals surface area contributed by atoms with Gasteiger partial charge >= 0.3 is 18.0 Å². The molecule has 0 aromatic carbocycles. The van der Waals surface area contributed by atoms with Crippen LogP contribution in [0.4, 0.5) is 4.79 Å². The molecule has 2 saturated carbocycles. The van der Waals surface area contributed by atoms with E-state index < -0.39 is 18.0 Å². The fourth-order valence-electron chi connectivity index (χ4n) is 6.96. The van der Waals surface area contributed by atoms with Crippen molar-refractivity contribution in [3.8, 4) is 0 Å². The molecule has 0 saturated heterocycles. The first-order valence-electron chi connectivity index (χ1n) is 16.5. The molecule has 5 atom stereocenters. The first-order chi connectivity index (χ1) is 23.2. The van der Waals surface area contributed by atoms with Gasteiger partial charge in [-0.05, 0) is 74.0 Å². The number of hydrogen-bond acceptors (Lipinski definition) is 13. The summed E-state index contributed by atoms with van der Waals surface area (Å²) in [4.78, 5) is 76.0. The summed E-state index contributed by atoms with van der Waals surface area (Å²) in [6.07, 6.45) is 9.41. The Labute approximate surface area is 305 Å². The van der Waals surface area contributed by atoms with E-state index >= 15 is 0 Å². The Bertz CT molecular complexity index is 1330. The van der Waals surface area contributed by atoms with Crippen molar-refractivity contribution in [1.29, 1.82) is 0 Å². The van der Waals surface area contributed by atoms with Crippen molar-refractivity contribution in [2.24, 2.45) is 36.6 Å². The molecule has 14 nitrogen and oxygen atoms in total. The molecule has 2 fully saturated rings. The lowest BCUT2D eigenvalue weighted by Gasteiger charge is -2.45. The van der Waals surface area contributed by atoms with Gasteiger partial charge in [-0.25, -0.2) is 43.7 Å². The zero-order chi connectivity index (χ0) is 38.6. The number of alkyl carbamates (subject to hydrolysis) is 1. The van der Waals surface area contributed by atoms with E-state index in [1.54, 1.807) is 32.1 Å². The highest BCUT2D eigenvalue weighted by Crippen LogP contribution is 2.48. The Hall–Kier alpha value is -3.78. The van der Waals surface area contributed by atoms with Crippen molar-refractivity contribution in [1.82, 2.24) is 5.32 Å². The zero-order valence-corrected chi connectivity index (χ0v) is 33.1. The van der Waals surface area contributed by atoms with E-state index in [1.807, 2.05) is 0 Å². The van der Waals surface area contributed by atoms with Gasteiger partial charge in [0.1, 0.15) is 19.8 Å². The first-order valence-corrected chi connectivity index (χ1v) is 16.5. The molecule has 0 aliphatic heterocycles. The molecular formula is C36H59N4O10P. The molecule has 0 spiro atoms. The van der Waals surface area contributed by atoms with E-state index in [0.29, 0.717) is 30.7 Å². The number of esters is 2. The van der Waals surface area contributed by atoms with E-state index in [4.69, 9.17) is 14.6 Å². The molecule has 0 aromatic rings. The molecule has 5 unspecified atom stereocenters. The third-order valence-corrected chi connectivity index (χ3v) is 8.07. The highest BCUT2D eigenvalue weighted by Gasteiger charge is 2.42. The van der Waals surface area contributed by atoms with Gasteiger partial charge in [-0.2, -0.15) is 9.90 Å². The summed E-state index contributed by atoms with van der Waals surface area (Å²) in [5, 5.41) is 10.9. The highest BCUT2D eigenvalue weighted by molar-refractivity contribution is 6.92. The summed E-state index contributed by atoms with van der Waals surface area (Å²) in [6, 6.07) is -0.0706. The standard InChI is InChI=1S/C18H28N2O5.C12H18N2O2.C6H10O3.H3P/c1-13(2)15(22)24-6-7-25-16(23)19-11-18(5)9-14(20-12-21)8-17(3,4)10-18;1-11(2)4-10(14-9-16)5-12(3,6-11)7-13-8-15;1-5(2)6(8)9-4-3-7;/h14H,1,6-11H2,2-5H3,(H,19,23);10H,4-7H2,1-3H3;7H,1,3-4H2,2H3;1H3. The lowest BCUT2D eigenvalue weighted by Crippen LogP contribution is -2.45. The highest BCUT2D eigenvalue weighted by atomic mass is 31.0.